The van der Waals surface area contributed by atoms with Crippen molar-refractivity contribution >= 4 is 14.3 Å². The molecule has 3 aromatic rings. The molecule has 3 aromatic carbocycles. The van der Waals surface area contributed by atoms with Gasteiger partial charge in [0.1, 0.15) is 24.8 Å². The summed E-state index contributed by atoms with van der Waals surface area (Å²) in [5.74, 6) is 0.114. The molecular weight excluding hydrogens is 555 g/mol. The van der Waals surface area contributed by atoms with E-state index in [9.17, 15) is 4.79 Å². The fourth-order valence-corrected chi connectivity index (χ4v) is 5.66. The van der Waals surface area contributed by atoms with Crippen LogP contribution in [-0.4, -0.2) is 34.1 Å². The summed E-state index contributed by atoms with van der Waals surface area (Å²) in [6.07, 6.45) is 4.33. The molecule has 43 heavy (non-hydrogen) atoms. The van der Waals surface area contributed by atoms with Crippen molar-refractivity contribution in [3.8, 4) is 16.9 Å². The first kappa shape index (κ1) is 34.3. The molecule has 0 heterocycles. The Kier molecular flexibility index (Phi) is 12.3. The molecule has 0 saturated heterocycles. The number of benzene rings is 3. The van der Waals surface area contributed by atoms with E-state index in [1.54, 1.807) is 13.0 Å². The molecule has 0 radical (unpaired) electrons. The third-order valence-corrected chi connectivity index (χ3v) is 12.9. The van der Waals surface area contributed by atoms with Gasteiger partial charge in [0.05, 0.1) is 0 Å². The number of hydrogen-bond acceptors (Lipinski definition) is 4. The van der Waals surface area contributed by atoms with Crippen molar-refractivity contribution in [1.82, 2.24) is 0 Å². The van der Waals surface area contributed by atoms with Crippen molar-refractivity contribution < 1.29 is 23.1 Å². The van der Waals surface area contributed by atoms with Gasteiger partial charge in [-0.15, -0.1) is 0 Å². The molecule has 0 bridgehead atoms. The molecule has 0 aliphatic carbocycles. The summed E-state index contributed by atoms with van der Waals surface area (Å²) < 4.78 is 32.4. The zero-order valence-corrected chi connectivity index (χ0v) is 28.1. The molecule has 6 heteroatoms. The number of carbonyl (C=O) groups excluding carboxylic acids is 1. The second kappa shape index (κ2) is 15.5. The number of hydrogen-bond donors (Lipinski definition) is 0. The molecule has 0 atom stereocenters. The van der Waals surface area contributed by atoms with E-state index in [4.69, 9.17) is 13.9 Å². The minimum atomic E-state index is -1.73. The SMILES string of the molecule is C=C(C)C(=O)OCCOc1ccc(CCc2ccc(-c3ccc(CCCO[Si](C)(C)C(C)(C)C)cc3CC)c(F)c2)cc1. The Bertz CT molecular complexity index is 1370. The molecule has 0 aromatic heterocycles. The number of halogens is 1. The number of carbonyl (C=O) groups is 1. The molecule has 0 aliphatic heterocycles. The number of ether oxygens (including phenoxy) is 2. The lowest BCUT2D eigenvalue weighted by molar-refractivity contribution is -0.139. The Morgan fingerprint density at radius 1 is 0.837 bits per heavy atom. The molecule has 0 aliphatic rings. The van der Waals surface area contributed by atoms with Gasteiger partial charge in [0.25, 0.3) is 0 Å². The van der Waals surface area contributed by atoms with Gasteiger partial charge in [-0.2, -0.15) is 0 Å². The lowest BCUT2D eigenvalue weighted by Gasteiger charge is -2.36. The Hall–Kier alpha value is -3.22. The molecule has 0 fully saturated rings. The number of aryl methyl sites for hydroxylation is 4. The van der Waals surface area contributed by atoms with Gasteiger partial charge in [-0.25, -0.2) is 9.18 Å². The van der Waals surface area contributed by atoms with Crippen LogP contribution in [0.15, 0.2) is 72.8 Å². The minimum absolute atomic E-state index is 0.173. The quantitative estimate of drug-likeness (QED) is 0.0751. The standard InChI is InChI=1S/C37H49FO4Si/c1-9-31-25-29(11-10-22-42-43(7,8)37(4,5)6)16-20-33(31)34-21-17-30(26-35(34)38)13-12-28-14-18-32(19-15-28)40-23-24-41-36(39)27(2)3/h14-21,25-26H,2,9-13,22-24H2,1,3-8H3. The Balaban J connectivity index is 1.53. The summed E-state index contributed by atoms with van der Waals surface area (Å²) in [5.41, 5.74) is 6.56. The zero-order chi connectivity index (χ0) is 31.6. The van der Waals surface area contributed by atoms with Crippen LogP contribution in [0.5, 0.6) is 5.75 Å². The van der Waals surface area contributed by atoms with Gasteiger partial charge in [-0.3, -0.25) is 0 Å². The largest absolute Gasteiger partial charge is 0.490 e. The Morgan fingerprint density at radius 3 is 2.05 bits per heavy atom. The van der Waals surface area contributed by atoms with Crippen molar-refractivity contribution in [2.75, 3.05) is 19.8 Å². The second-order valence-corrected chi connectivity index (χ2v) is 17.6. The van der Waals surface area contributed by atoms with Crippen LogP contribution in [0.3, 0.4) is 0 Å². The molecule has 232 valence electrons. The van der Waals surface area contributed by atoms with Crippen molar-refractivity contribution in [2.24, 2.45) is 0 Å². The van der Waals surface area contributed by atoms with Crippen LogP contribution in [0.4, 0.5) is 4.39 Å². The van der Waals surface area contributed by atoms with E-state index in [0.717, 1.165) is 55.4 Å². The first-order chi connectivity index (χ1) is 20.3. The van der Waals surface area contributed by atoms with E-state index >= 15 is 4.39 Å². The average Bonchev–Trinajstić information content (AvgIpc) is 2.96. The third kappa shape index (κ3) is 10.2. The molecule has 0 spiro atoms. The van der Waals surface area contributed by atoms with E-state index in [-0.39, 0.29) is 24.1 Å². The molecule has 3 rings (SSSR count). The first-order valence-corrected chi connectivity index (χ1v) is 18.3. The lowest BCUT2D eigenvalue weighted by atomic mass is 9.93. The van der Waals surface area contributed by atoms with E-state index in [2.05, 4.69) is 65.6 Å². The van der Waals surface area contributed by atoms with Gasteiger partial charge in [0.15, 0.2) is 8.32 Å². The van der Waals surface area contributed by atoms with Crippen LogP contribution in [0.25, 0.3) is 11.1 Å². The van der Waals surface area contributed by atoms with Gasteiger partial charge in [-0.05, 0) is 103 Å². The summed E-state index contributed by atoms with van der Waals surface area (Å²) >= 11 is 0. The van der Waals surface area contributed by atoms with Crippen molar-refractivity contribution in [2.45, 2.75) is 84.9 Å². The molecular formula is C37H49FO4Si. The van der Waals surface area contributed by atoms with Crippen LogP contribution < -0.4 is 4.74 Å². The summed E-state index contributed by atoms with van der Waals surface area (Å²) in [7, 11) is -1.73. The fraction of sp³-hybridized carbons (Fsp3) is 0.432. The smallest absolute Gasteiger partial charge is 0.333 e. The van der Waals surface area contributed by atoms with Gasteiger partial charge < -0.3 is 13.9 Å². The summed E-state index contributed by atoms with van der Waals surface area (Å²) in [4.78, 5) is 11.4. The van der Waals surface area contributed by atoms with Gasteiger partial charge >= 0.3 is 5.97 Å². The number of esters is 1. The summed E-state index contributed by atoms with van der Waals surface area (Å²) in [6.45, 7) is 19.9. The zero-order valence-electron chi connectivity index (χ0n) is 27.1. The van der Waals surface area contributed by atoms with Crippen LogP contribution >= 0.6 is 0 Å². The van der Waals surface area contributed by atoms with Crippen LogP contribution in [-0.2, 0) is 39.6 Å². The number of rotatable bonds is 15. The molecule has 4 nitrogen and oxygen atoms in total. The average molecular weight is 605 g/mol. The predicted molar refractivity (Wildman–Crippen MR) is 178 cm³/mol. The molecule has 0 saturated carbocycles. The maximum atomic E-state index is 15.4. The highest BCUT2D eigenvalue weighted by Gasteiger charge is 2.36. The fourth-order valence-electron chi connectivity index (χ4n) is 4.57. The first-order valence-electron chi connectivity index (χ1n) is 15.4. The van der Waals surface area contributed by atoms with Gasteiger partial charge in [-0.1, -0.05) is 76.7 Å². The highest BCUT2D eigenvalue weighted by Crippen LogP contribution is 2.36. The summed E-state index contributed by atoms with van der Waals surface area (Å²) in [5, 5.41) is 0.219. The van der Waals surface area contributed by atoms with Crippen LogP contribution in [0.1, 0.15) is 63.3 Å². The lowest BCUT2D eigenvalue weighted by Crippen LogP contribution is -2.41. The monoisotopic (exact) mass is 604 g/mol. The van der Waals surface area contributed by atoms with Crippen molar-refractivity contribution in [3.05, 3.63) is 101 Å². The van der Waals surface area contributed by atoms with Gasteiger partial charge in [0.2, 0.25) is 0 Å². The minimum Gasteiger partial charge on any atom is -0.490 e. The Morgan fingerprint density at radius 2 is 1.44 bits per heavy atom. The van der Waals surface area contributed by atoms with E-state index in [1.807, 2.05) is 36.4 Å². The normalized spacial score (nSPS) is 11.8. The molecule has 0 unspecified atom stereocenters. The molecule has 0 N–H and O–H groups in total. The van der Waals surface area contributed by atoms with Crippen molar-refractivity contribution in [3.63, 3.8) is 0 Å². The predicted octanol–water partition coefficient (Wildman–Crippen LogP) is 9.29. The summed E-state index contributed by atoms with van der Waals surface area (Å²) in [6, 6.07) is 19.9. The maximum absolute atomic E-state index is 15.4. The highest BCUT2D eigenvalue weighted by atomic mass is 28.4. The van der Waals surface area contributed by atoms with E-state index < -0.39 is 14.3 Å². The topological polar surface area (TPSA) is 44.8 Å². The van der Waals surface area contributed by atoms with Gasteiger partial charge in [0, 0.05) is 17.7 Å². The maximum Gasteiger partial charge on any atom is 0.333 e. The van der Waals surface area contributed by atoms with Crippen LogP contribution in [0, 0.1) is 5.82 Å². The highest BCUT2D eigenvalue weighted by molar-refractivity contribution is 6.74. The van der Waals surface area contributed by atoms with E-state index in [1.165, 1.54) is 11.1 Å². The second-order valence-electron chi connectivity index (χ2n) is 12.8. The van der Waals surface area contributed by atoms with Crippen LogP contribution in [0.2, 0.25) is 18.1 Å². The third-order valence-electron chi connectivity index (χ3n) is 8.31. The van der Waals surface area contributed by atoms with Crippen molar-refractivity contribution in [1.29, 1.82) is 0 Å². The Labute approximate surface area is 259 Å². The van der Waals surface area contributed by atoms with E-state index in [0.29, 0.717) is 16.9 Å². The molecule has 0 amide bonds.